The fourth-order valence-corrected chi connectivity index (χ4v) is 4.00. The highest BCUT2D eigenvalue weighted by molar-refractivity contribution is 7.80. The van der Waals surface area contributed by atoms with Gasteiger partial charge in [0, 0.05) is 19.0 Å². The van der Waals surface area contributed by atoms with Crippen LogP contribution in [0.4, 0.5) is 0 Å². The molecule has 3 atom stereocenters. The van der Waals surface area contributed by atoms with Crippen LogP contribution in [0.25, 0.3) is 0 Å². The first-order valence-electron chi connectivity index (χ1n) is 8.56. The summed E-state index contributed by atoms with van der Waals surface area (Å²) in [6, 6.07) is 10.1. The van der Waals surface area contributed by atoms with Crippen LogP contribution in [-0.4, -0.2) is 39.4 Å². The van der Waals surface area contributed by atoms with Gasteiger partial charge in [-0.25, -0.2) is 0 Å². The second kappa shape index (κ2) is 7.42. The molecule has 5 heteroatoms. The molecule has 1 heterocycles. The van der Waals surface area contributed by atoms with Crippen molar-refractivity contribution in [2.45, 2.75) is 25.5 Å². The van der Waals surface area contributed by atoms with Crippen molar-refractivity contribution in [3.63, 3.8) is 0 Å². The largest absolute Gasteiger partial charge is 0.510 e. The van der Waals surface area contributed by atoms with Gasteiger partial charge in [-0.2, -0.15) is 0 Å². The summed E-state index contributed by atoms with van der Waals surface area (Å²) in [6.45, 7) is 7.06. The van der Waals surface area contributed by atoms with E-state index in [-0.39, 0.29) is 17.7 Å². The third-order valence-corrected chi connectivity index (χ3v) is 5.34. The average molecular weight is 356 g/mol. The van der Waals surface area contributed by atoms with E-state index in [9.17, 15) is 10.2 Å². The molecule has 1 aliphatic heterocycles. The predicted molar refractivity (Wildman–Crippen MR) is 104 cm³/mol. The number of thiocarbonyl (C=S) groups is 1. The third-order valence-electron chi connectivity index (χ3n) is 4.96. The van der Waals surface area contributed by atoms with Crippen molar-refractivity contribution in [1.82, 2.24) is 10.2 Å². The first-order chi connectivity index (χ1) is 12.0. The summed E-state index contributed by atoms with van der Waals surface area (Å²) in [5, 5.41) is 24.3. The second-order valence-electron chi connectivity index (χ2n) is 6.51. The number of aliphatic hydroxyl groups excluding tert-OH is 2. The molecular formula is C20H24N2O2S. The molecule has 4 nitrogen and oxygen atoms in total. The molecule has 0 saturated carbocycles. The first kappa shape index (κ1) is 17.7. The molecule has 0 radical (unpaired) electrons. The Labute approximate surface area is 154 Å². The Balaban J connectivity index is 2.06. The van der Waals surface area contributed by atoms with Crippen LogP contribution in [0.1, 0.15) is 24.9 Å². The van der Waals surface area contributed by atoms with E-state index in [0.717, 1.165) is 29.7 Å². The van der Waals surface area contributed by atoms with Gasteiger partial charge in [0.15, 0.2) is 5.11 Å². The summed E-state index contributed by atoms with van der Waals surface area (Å²) in [4.78, 5) is 2.17. The third kappa shape index (κ3) is 3.34. The van der Waals surface area contributed by atoms with Crippen molar-refractivity contribution >= 4 is 17.3 Å². The zero-order valence-electron chi connectivity index (χ0n) is 14.4. The number of nitrogens with one attached hydrogen (secondary N) is 1. The quantitative estimate of drug-likeness (QED) is 0.573. The number of benzene rings is 1. The monoisotopic (exact) mass is 356 g/mol. The van der Waals surface area contributed by atoms with Crippen molar-refractivity contribution in [2.75, 3.05) is 13.1 Å². The number of nitrogens with zero attached hydrogens (tertiary/aromatic N) is 1. The van der Waals surface area contributed by atoms with Gasteiger partial charge in [-0.05, 0) is 41.4 Å². The highest BCUT2D eigenvalue weighted by Crippen LogP contribution is 2.44. The molecule has 132 valence electrons. The van der Waals surface area contributed by atoms with E-state index in [4.69, 9.17) is 12.2 Å². The van der Waals surface area contributed by atoms with Crippen LogP contribution in [0.3, 0.4) is 0 Å². The number of aliphatic hydroxyl groups is 2. The molecule has 0 saturated heterocycles. The minimum absolute atomic E-state index is 0.0521. The zero-order valence-corrected chi connectivity index (χ0v) is 15.2. The molecule has 3 N–H and O–H groups in total. The molecule has 1 aromatic rings. The van der Waals surface area contributed by atoms with Crippen LogP contribution < -0.4 is 5.32 Å². The van der Waals surface area contributed by atoms with Gasteiger partial charge >= 0.3 is 0 Å². The van der Waals surface area contributed by atoms with E-state index in [1.165, 1.54) is 0 Å². The first-order valence-corrected chi connectivity index (χ1v) is 8.97. The average Bonchev–Trinajstić information content (AvgIpc) is 2.64. The van der Waals surface area contributed by atoms with Gasteiger partial charge in [-0.3, -0.25) is 0 Å². The summed E-state index contributed by atoms with van der Waals surface area (Å²) >= 11 is 5.62. The van der Waals surface area contributed by atoms with Gasteiger partial charge in [0.25, 0.3) is 0 Å². The molecule has 0 bridgehead atoms. The summed E-state index contributed by atoms with van der Waals surface area (Å²) in [7, 11) is 0. The molecule has 2 aliphatic rings. The molecule has 3 unspecified atom stereocenters. The maximum atomic E-state index is 10.4. The van der Waals surface area contributed by atoms with Gasteiger partial charge in [0.1, 0.15) is 11.9 Å². The Morgan fingerprint density at radius 1 is 1.40 bits per heavy atom. The Bertz CT molecular complexity index is 726. The number of allylic oxidation sites excluding steroid dienone is 1. The van der Waals surface area contributed by atoms with Crippen molar-refractivity contribution in [1.29, 1.82) is 0 Å². The van der Waals surface area contributed by atoms with Gasteiger partial charge in [-0.15, -0.1) is 6.58 Å². The molecule has 0 fully saturated rings. The van der Waals surface area contributed by atoms with E-state index in [0.29, 0.717) is 11.7 Å². The number of rotatable bonds is 3. The van der Waals surface area contributed by atoms with Gasteiger partial charge in [0.05, 0.1) is 6.04 Å². The van der Waals surface area contributed by atoms with Crippen molar-refractivity contribution in [2.24, 2.45) is 5.92 Å². The fourth-order valence-electron chi connectivity index (χ4n) is 3.72. The minimum atomic E-state index is -0.875. The minimum Gasteiger partial charge on any atom is -0.510 e. The predicted octanol–water partition coefficient (Wildman–Crippen LogP) is 3.24. The zero-order chi connectivity index (χ0) is 18.0. The van der Waals surface area contributed by atoms with Crippen molar-refractivity contribution in [3.8, 4) is 0 Å². The van der Waals surface area contributed by atoms with E-state index < -0.39 is 6.10 Å². The molecule has 3 rings (SSSR count). The molecule has 0 aromatic heterocycles. The second-order valence-corrected chi connectivity index (χ2v) is 6.90. The highest BCUT2D eigenvalue weighted by atomic mass is 32.1. The molecule has 0 amide bonds. The summed E-state index contributed by atoms with van der Waals surface area (Å²) in [5.74, 6) is -0.117. The summed E-state index contributed by atoms with van der Waals surface area (Å²) in [5.41, 5.74) is 3.36. The smallest absolute Gasteiger partial charge is 0.169 e. The normalized spacial score (nSPS) is 25.9. The molecule has 1 aliphatic carbocycles. The lowest BCUT2D eigenvalue weighted by Gasteiger charge is -2.44. The Kier molecular flexibility index (Phi) is 5.25. The van der Waals surface area contributed by atoms with E-state index in [1.807, 2.05) is 25.1 Å². The van der Waals surface area contributed by atoms with E-state index in [1.54, 1.807) is 12.2 Å². The van der Waals surface area contributed by atoms with Crippen LogP contribution in [0.15, 0.2) is 66.0 Å². The maximum absolute atomic E-state index is 10.4. The summed E-state index contributed by atoms with van der Waals surface area (Å²) in [6.07, 6.45) is 3.43. The molecule has 0 spiro atoms. The summed E-state index contributed by atoms with van der Waals surface area (Å²) < 4.78 is 0. The maximum Gasteiger partial charge on any atom is 0.169 e. The van der Waals surface area contributed by atoms with Gasteiger partial charge in [-0.1, -0.05) is 43.3 Å². The van der Waals surface area contributed by atoms with Gasteiger partial charge in [0.2, 0.25) is 0 Å². The Morgan fingerprint density at radius 3 is 2.80 bits per heavy atom. The lowest BCUT2D eigenvalue weighted by atomic mass is 9.76. The van der Waals surface area contributed by atoms with Crippen LogP contribution in [0, 0.1) is 5.92 Å². The van der Waals surface area contributed by atoms with Crippen LogP contribution in [-0.2, 0) is 0 Å². The van der Waals surface area contributed by atoms with Crippen molar-refractivity contribution < 1.29 is 10.2 Å². The Hall–Kier alpha value is -2.11. The molecule has 25 heavy (non-hydrogen) atoms. The lowest BCUT2D eigenvalue weighted by molar-refractivity contribution is 0.104. The number of hydrogen-bond acceptors (Lipinski definition) is 3. The van der Waals surface area contributed by atoms with Crippen molar-refractivity contribution in [3.05, 3.63) is 71.5 Å². The number of hydrogen-bond donors (Lipinski definition) is 3. The lowest BCUT2D eigenvalue weighted by Crippen LogP contribution is -2.47. The van der Waals surface area contributed by atoms with E-state index >= 15 is 0 Å². The molecular weight excluding hydrogens is 332 g/mol. The molecule has 1 aromatic carbocycles. The standard InChI is InChI=1S/C20H24N2O2S/c1-3-10-21-20(25)22-11-9-15-12-16(23)19(24)13(2)17(15)18(22)14-7-5-4-6-8-14/h3-8,12-13,18-19,23-24H,1,9-11H2,2H3,(H,21,25). The van der Waals surface area contributed by atoms with Crippen LogP contribution >= 0.6 is 12.2 Å². The topological polar surface area (TPSA) is 55.7 Å². The van der Waals surface area contributed by atoms with Crippen LogP contribution in [0.2, 0.25) is 0 Å². The van der Waals surface area contributed by atoms with Crippen LogP contribution in [0.5, 0.6) is 0 Å². The SMILES string of the molecule is C=CCNC(=S)N1CCC2=C(C(C)C(O)C(O)=C2)C1c1ccccc1. The Morgan fingerprint density at radius 2 is 2.12 bits per heavy atom. The van der Waals surface area contributed by atoms with E-state index in [2.05, 4.69) is 28.9 Å². The van der Waals surface area contributed by atoms with Gasteiger partial charge < -0.3 is 20.4 Å². The highest BCUT2D eigenvalue weighted by Gasteiger charge is 2.39. The fraction of sp³-hybridized carbons (Fsp3) is 0.350.